The van der Waals surface area contributed by atoms with Gasteiger partial charge in [-0.15, -0.1) is 0 Å². The van der Waals surface area contributed by atoms with Crippen molar-refractivity contribution >= 4 is 28.5 Å². The number of fused-ring (bicyclic) bond motifs is 1. The SMILES string of the molecule is COc1ccc(OCCn2c(CCNC(=O)c3cccc(Cl)c3)nc3ccccc32)cc1. The maximum atomic E-state index is 12.4. The van der Waals surface area contributed by atoms with Crippen molar-refractivity contribution in [2.75, 3.05) is 20.3 Å². The largest absolute Gasteiger partial charge is 0.497 e. The Labute approximate surface area is 191 Å². The Morgan fingerprint density at radius 2 is 1.81 bits per heavy atom. The van der Waals surface area contributed by atoms with Crippen molar-refractivity contribution in [2.45, 2.75) is 13.0 Å². The molecule has 1 aromatic heterocycles. The molecular weight excluding hydrogens is 426 g/mol. The fourth-order valence-electron chi connectivity index (χ4n) is 3.51. The number of carbonyl (C=O) groups excluding carboxylic acids is 1. The van der Waals surface area contributed by atoms with E-state index in [1.54, 1.807) is 31.4 Å². The summed E-state index contributed by atoms with van der Waals surface area (Å²) in [6.45, 7) is 1.60. The van der Waals surface area contributed by atoms with Gasteiger partial charge in [0.05, 0.1) is 24.7 Å². The van der Waals surface area contributed by atoms with E-state index in [1.807, 2.05) is 48.5 Å². The van der Waals surface area contributed by atoms with E-state index in [0.717, 1.165) is 28.4 Å². The predicted molar refractivity (Wildman–Crippen MR) is 126 cm³/mol. The number of amides is 1. The van der Waals surface area contributed by atoms with Crippen LogP contribution in [0.1, 0.15) is 16.2 Å². The van der Waals surface area contributed by atoms with Gasteiger partial charge in [0, 0.05) is 23.6 Å². The highest BCUT2D eigenvalue weighted by Gasteiger charge is 2.12. The molecule has 0 bridgehead atoms. The fraction of sp³-hybridized carbons (Fsp3) is 0.200. The minimum absolute atomic E-state index is 0.155. The van der Waals surface area contributed by atoms with Gasteiger partial charge in [0.1, 0.15) is 23.9 Å². The van der Waals surface area contributed by atoms with E-state index in [-0.39, 0.29) is 5.91 Å². The van der Waals surface area contributed by atoms with Gasteiger partial charge < -0.3 is 19.4 Å². The van der Waals surface area contributed by atoms with E-state index in [2.05, 4.69) is 9.88 Å². The number of hydrogen-bond acceptors (Lipinski definition) is 4. The van der Waals surface area contributed by atoms with Crippen LogP contribution in [0.4, 0.5) is 0 Å². The molecule has 1 heterocycles. The number of methoxy groups -OCH3 is 1. The minimum atomic E-state index is -0.155. The van der Waals surface area contributed by atoms with Gasteiger partial charge in [-0.2, -0.15) is 0 Å². The topological polar surface area (TPSA) is 65.4 Å². The van der Waals surface area contributed by atoms with Gasteiger partial charge in [0.15, 0.2) is 0 Å². The van der Waals surface area contributed by atoms with Crippen LogP contribution in [-0.2, 0) is 13.0 Å². The van der Waals surface area contributed by atoms with Crippen molar-refractivity contribution in [3.05, 3.63) is 89.2 Å². The molecule has 0 aliphatic rings. The van der Waals surface area contributed by atoms with Crippen molar-refractivity contribution in [3.8, 4) is 11.5 Å². The van der Waals surface area contributed by atoms with Crippen LogP contribution in [0.2, 0.25) is 5.02 Å². The molecule has 0 spiro atoms. The number of nitrogens with zero attached hydrogens (tertiary/aromatic N) is 2. The second kappa shape index (κ2) is 10.2. The Balaban J connectivity index is 1.41. The number of carbonyl (C=O) groups is 1. The van der Waals surface area contributed by atoms with Crippen molar-refractivity contribution in [1.29, 1.82) is 0 Å². The summed E-state index contributed by atoms with van der Waals surface area (Å²) in [5, 5.41) is 3.48. The monoisotopic (exact) mass is 449 g/mol. The first-order valence-corrected chi connectivity index (χ1v) is 10.8. The summed E-state index contributed by atoms with van der Waals surface area (Å²) in [5.74, 6) is 2.32. The number of para-hydroxylation sites is 2. The number of ether oxygens (including phenoxy) is 2. The standard InChI is InChI=1S/C25H24ClN3O3/c1-31-20-9-11-21(12-10-20)32-16-15-29-23-8-3-2-7-22(23)28-24(29)13-14-27-25(30)18-5-4-6-19(26)17-18/h2-12,17H,13-16H2,1H3,(H,27,30). The number of halogens is 1. The van der Waals surface area contributed by atoms with Crippen LogP contribution in [0, 0.1) is 0 Å². The first-order valence-electron chi connectivity index (χ1n) is 10.4. The van der Waals surface area contributed by atoms with Crippen LogP contribution in [-0.4, -0.2) is 35.7 Å². The summed E-state index contributed by atoms with van der Waals surface area (Å²) in [4.78, 5) is 17.2. The Morgan fingerprint density at radius 3 is 2.59 bits per heavy atom. The van der Waals surface area contributed by atoms with E-state index in [0.29, 0.717) is 36.7 Å². The molecule has 164 valence electrons. The molecule has 6 nitrogen and oxygen atoms in total. The molecule has 7 heteroatoms. The average Bonchev–Trinajstić information content (AvgIpc) is 3.17. The summed E-state index contributed by atoms with van der Waals surface area (Å²) in [6, 6.07) is 22.4. The lowest BCUT2D eigenvalue weighted by molar-refractivity contribution is 0.0954. The Morgan fingerprint density at radius 1 is 1.03 bits per heavy atom. The molecule has 4 rings (SSSR count). The highest BCUT2D eigenvalue weighted by Crippen LogP contribution is 2.19. The lowest BCUT2D eigenvalue weighted by Crippen LogP contribution is -2.26. The van der Waals surface area contributed by atoms with Crippen molar-refractivity contribution in [2.24, 2.45) is 0 Å². The maximum absolute atomic E-state index is 12.4. The summed E-state index contributed by atoms with van der Waals surface area (Å²) in [6.07, 6.45) is 0.601. The molecular formula is C25H24ClN3O3. The first kappa shape index (κ1) is 21.7. The quantitative estimate of drug-likeness (QED) is 0.400. The van der Waals surface area contributed by atoms with Crippen LogP contribution in [0.3, 0.4) is 0 Å². The lowest BCUT2D eigenvalue weighted by Gasteiger charge is -2.12. The summed E-state index contributed by atoms with van der Waals surface area (Å²) in [7, 11) is 1.64. The van der Waals surface area contributed by atoms with Gasteiger partial charge in [-0.25, -0.2) is 4.98 Å². The second-order valence-corrected chi connectivity index (χ2v) is 7.65. The van der Waals surface area contributed by atoms with Gasteiger partial charge in [-0.3, -0.25) is 4.79 Å². The van der Waals surface area contributed by atoms with Gasteiger partial charge in [-0.05, 0) is 54.6 Å². The third kappa shape index (κ3) is 5.21. The van der Waals surface area contributed by atoms with E-state index in [4.69, 9.17) is 26.1 Å². The van der Waals surface area contributed by atoms with Crippen LogP contribution in [0.5, 0.6) is 11.5 Å². The van der Waals surface area contributed by atoms with E-state index in [9.17, 15) is 4.79 Å². The zero-order valence-electron chi connectivity index (χ0n) is 17.8. The third-order valence-corrected chi connectivity index (χ3v) is 5.33. The zero-order chi connectivity index (χ0) is 22.3. The van der Waals surface area contributed by atoms with Gasteiger partial charge in [0.2, 0.25) is 0 Å². The predicted octanol–water partition coefficient (Wildman–Crippen LogP) is 4.75. The van der Waals surface area contributed by atoms with Crippen molar-refractivity contribution in [1.82, 2.24) is 14.9 Å². The molecule has 0 saturated carbocycles. The number of hydrogen-bond donors (Lipinski definition) is 1. The Bertz CT molecular complexity index is 1200. The lowest BCUT2D eigenvalue weighted by atomic mass is 10.2. The highest BCUT2D eigenvalue weighted by molar-refractivity contribution is 6.30. The molecule has 1 amide bonds. The zero-order valence-corrected chi connectivity index (χ0v) is 18.5. The molecule has 0 aliphatic carbocycles. The molecule has 0 aliphatic heterocycles. The molecule has 0 atom stereocenters. The third-order valence-electron chi connectivity index (χ3n) is 5.10. The summed E-state index contributed by atoms with van der Waals surface area (Å²) < 4.78 is 13.2. The number of rotatable bonds is 9. The summed E-state index contributed by atoms with van der Waals surface area (Å²) >= 11 is 5.98. The van der Waals surface area contributed by atoms with E-state index in [1.165, 1.54) is 0 Å². The Kier molecular flexibility index (Phi) is 6.92. The van der Waals surface area contributed by atoms with E-state index >= 15 is 0 Å². The smallest absolute Gasteiger partial charge is 0.251 e. The average molecular weight is 450 g/mol. The van der Waals surface area contributed by atoms with Crippen LogP contribution in [0.15, 0.2) is 72.8 Å². The number of benzene rings is 3. The minimum Gasteiger partial charge on any atom is -0.497 e. The normalized spacial score (nSPS) is 10.8. The van der Waals surface area contributed by atoms with Gasteiger partial charge >= 0.3 is 0 Å². The maximum Gasteiger partial charge on any atom is 0.251 e. The van der Waals surface area contributed by atoms with Gasteiger partial charge in [-0.1, -0.05) is 29.8 Å². The molecule has 0 radical (unpaired) electrons. The van der Waals surface area contributed by atoms with Gasteiger partial charge in [0.25, 0.3) is 5.91 Å². The number of nitrogens with one attached hydrogen (secondary N) is 1. The van der Waals surface area contributed by atoms with E-state index < -0.39 is 0 Å². The van der Waals surface area contributed by atoms with Crippen LogP contribution >= 0.6 is 11.6 Å². The molecule has 0 fully saturated rings. The second-order valence-electron chi connectivity index (χ2n) is 7.21. The van der Waals surface area contributed by atoms with Crippen LogP contribution < -0.4 is 14.8 Å². The molecule has 0 unspecified atom stereocenters. The molecule has 3 aromatic carbocycles. The first-order chi connectivity index (χ1) is 15.6. The van der Waals surface area contributed by atoms with Crippen molar-refractivity contribution in [3.63, 3.8) is 0 Å². The highest BCUT2D eigenvalue weighted by atomic mass is 35.5. The molecule has 1 N–H and O–H groups in total. The summed E-state index contributed by atoms with van der Waals surface area (Å²) in [5.41, 5.74) is 2.51. The number of imidazole rings is 1. The Hall–Kier alpha value is -3.51. The van der Waals surface area contributed by atoms with Crippen LogP contribution in [0.25, 0.3) is 11.0 Å². The molecule has 0 saturated heterocycles. The number of aromatic nitrogens is 2. The fourth-order valence-corrected chi connectivity index (χ4v) is 3.70. The molecule has 32 heavy (non-hydrogen) atoms. The van der Waals surface area contributed by atoms with Crippen molar-refractivity contribution < 1.29 is 14.3 Å². The molecule has 4 aromatic rings.